The summed E-state index contributed by atoms with van der Waals surface area (Å²) in [5.41, 5.74) is 3.16. The predicted molar refractivity (Wildman–Crippen MR) is 123 cm³/mol. The third-order valence-corrected chi connectivity index (χ3v) is 5.90. The number of aromatic nitrogens is 2. The Bertz CT molecular complexity index is 1240. The first kappa shape index (κ1) is 21.7. The lowest BCUT2D eigenvalue weighted by Gasteiger charge is -2.16. The summed E-state index contributed by atoms with van der Waals surface area (Å²) in [7, 11) is 0. The Morgan fingerprint density at radius 3 is 2.31 bits per heavy atom. The molecule has 0 atom stereocenters. The van der Waals surface area contributed by atoms with E-state index in [2.05, 4.69) is 15.3 Å². The number of benzene rings is 2. The van der Waals surface area contributed by atoms with Gasteiger partial charge in [0.1, 0.15) is 16.4 Å². The van der Waals surface area contributed by atoms with Crippen molar-refractivity contribution in [2.24, 2.45) is 0 Å². The Morgan fingerprint density at radius 1 is 0.969 bits per heavy atom. The zero-order chi connectivity index (χ0) is 22.8. The van der Waals surface area contributed by atoms with E-state index in [0.717, 1.165) is 40.0 Å². The van der Waals surface area contributed by atoms with Crippen LogP contribution < -0.4 is 10.2 Å². The van der Waals surface area contributed by atoms with Gasteiger partial charge in [0.05, 0.1) is 5.69 Å². The van der Waals surface area contributed by atoms with Crippen molar-refractivity contribution in [3.05, 3.63) is 88.0 Å². The number of thioether (sulfide) groups is 1. The van der Waals surface area contributed by atoms with Crippen molar-refractivity contribution < 1.29 is 14.0 Å². The lowest BCUT2D eigenvalue weighted by atomic mass is 10.1. The van der Waals surface area contributed by atoms with Gasteiger partial charge in [-0.25, -0.2) is 19.3 Å². The average Bonchev–Trinajstić information content (AvgIpc) is 2.98. The molecule has 32 heavy (non-hydrogen) atoms. The Morgan fingerprint density at radius 2 is 1.62 bits per heavy atom. The van der Waals surface area contributed by atoms with Gasteiger partial charge in [-0.3, -0.25) is 9.59 Å². The number of nitrogens with one attached hydrogen (secondary N) is 1. The zero-order valence-electron chi connectivity index (χ0n) is 17.8. The number of hydrogen-bond donors (Lipinski definition) is 1. The van der Waals surface area contributed by atoms with E-state index >= 15 is 0 Å². The Hall–Kier alpha value is -3.52. The molecular weight excluding hydrogens is 427 g/mol. The number of rotatable bonds is 6. The van der Waals surface area contributed by atoms with Crippen LogP contribution in [0.4, 0.5) is 15.8 Å². The highest BCUT2D eigenvalue weighted by Gasteiger charge is 2.41. The summed E-state index contributed by atoms with van der Waals surface area (Å²) in [6.07, 6.45) is 0.734. The van der Waals surface area contributed by atoms with E-state index < -0.39 is 17.6 Å². The van der Waals surface area contributed by atoms with Crippen LogP contribution in [-0.2, 0) is 16.0 Å². The number of hydrogen-bond acceptors (Lipinski definition) is 6. The molecule has 1 aliphatic heterocycles. The molecule has 0 fully saturated rings. The number of anilines is 2. The van der Waals surface area contributed by atoms with Crippen LogP contribution in [0.1, 0.15) is 23.9 Å². The van der Waals surface area contributed by atoms with E-state index in [0.29, 0.717) is 10.8 Å². The molecule has 0 bridgehead atoms. The molecule has 1 aromatic heterocycles. The number of halogens is 1. The molecule has 2 aromatic carbocycles. The van der Waals surface area contributed by atoms with Crippen LogP contribution in [0.3, 0.4) is 0 Å². The van der Waals surface area contributed by atoms with E-state index in [1.165, 1.54) is 18.2 Å². The van der Waals surface area contributed by atoms with E-state index in [1.54, 1.807) is 6.07 Å². The molecule has 0 spiro atoms. The van der Waals surface area contributed by atoms with Crippen LogP contribution in [0, 0.1) is 19.7 Å². The van der Waals surface area contributed by atoms with Crippen LogP contribution >= 0.6 is 11.8 Å². The largest absolute Gasteiger partial charge is 0.350 e. The molecule has 0 saturated carbocycles. The molecule has 4 rings (SSSR count). The molecule has 8 heteroatoms. The normalized spacial score (nSPS) is 13.8. The minimum absolute atomic E-state index is 0.0758. The summed E-state index contributed by atoms with van der Waals surface area (Å²) in [5, 5.41) is 3.47. The van der Waals surface area contributed by atoms with Crippen molar-refractivity contribution in [2.45, 2.75) is 32.3 Å². The smallest absolute Gasteiger partial charge is 0.283 e. The van der Waals surface area contributed by atoms with Gasteiger partial charge in [-0.05, 0) is 61.9 Å². The highest BCUT2D eigenvalue weighted by atomic mass is 32.2. The van der Waals surface area contributed by atoms with Crippen molar-refractivity contribution in [1.29, 1.82) is 0 Å². The highest BCUT2D eigenvalue weighted by Crippen LogP contribution is 2.37. The number of para-hydroxylation sites is 2. The fourth-order valence-corrected chi connectivity index (χ4v) is 4.46. The van der Waals surface area contributed by atoms with Gasteiger partial charge in [0, 0.05) is 17.1 Å². The molecular formula is C24H21FN4O2S. The molecule has 162 valence electrons. The van der Waals surface area contributed by atoms with Crippen molar-refractivity contribution >= 4 is 35.0 Å². The van der Waals surface area contributed by atoms with Crippen molar-refractivity contribution in [3.63, 3.8) is 0 Å². The lowest BCUT2D eigenvalue weighted by Crippen LogP contribution is -2.33. The van der Waals surface area contributed by atoms with Gasteiger partial charge in [-0.1, -0.05) is 37.3 Å². The maximum Gasteiger partial charge on any atom is 0.283 e. The summed E-state index contributed by atoms with van der Waals surface area (Å²) in [6, 6.07) is 15.1. The summed E-state index contributed by atoms with van der Waals surface area (Å²) < 4.78 is 14.5. The zero-order valence-corrected chi connectivity index (χ0v) is 18.7. The van der Waals surface area contributed by atoms with Crippen LogP contribution in [0.2, 0.25) is 0 Å². The summed E-state index contributed by atoms with van der Waals surface area (Å²) in [5.74, 6) is -1.90. The van der Waals surface area contributed by atoms with E-state index in [1.807, 2.05) is 51.1 Å². The molecule has 6 nitrogen and oxygen atoms in total. The van der Waals surface area contributed by atoms with Crippen LogP contribution in [0.25, 0.3) is 0 Å². The average molecular weight is 449 g/mol. The van der Waals surface area contributed by atoms with Gasteiger partial charge in [-0.2, -0.15) is 0 Å². The topological polar surface area (TPSA) is 75.2 Å². The first-order chi connectivity index (χ1) is 15.4. The molecule has 3 aromatic rings. The van der Waals surface area contributed by atoms with Gasteiger partial charge >= 0.3 is 0 Å². The number of aryl methyl sites for hydroxylation is 3. The van der Waals surface area contributed by atoms with Crippen molar-refractivity contribution in [2.75, 3.05) is 10.2 Å². The molecule has 0 radical (unpaired) electrons. The summed E-state index contributed by atoms with van der Waals surface area (Å²) in [6.45, 7) is 5.66. The summed E-state index contributed by atoms with van der Waals surface area (Å²) in [4.78, 5) is 36.5. The molecule has 0 aliphatic carbocycles. The third kappa shape index (κ3) is 4.13. The minimum Gasteiger partial charge on any atom is -0.350 e. The number of carbonyl (C=O) groups excluding carboxylic acids is 2. The fourth-order valence-electron chi connectivity index (χ4n) is 3.48. The van der Waals surface area contributed by atoms with Crippen molar-refractivity contribution in [1.82, 2.24) is 9.97 Å². The quantitative estimate of drug-likeness (QED) is 0.432. The Kier molecular flexibility index (Phi) is 6.05. The maximum absolute atomic E-state index is 14.5. The first-order valence-electron chi connectivity index (χ1n) is 10.1. The van der Waals surface area contributed by atoms with Crippen LogP contribution in [-0.4, -0.2) is 21.8 Å². The number of nitrogens with zero attached hydrogens (tertiary/aromatic N) is 3. The van der Waals surface area contributed by atoms with Gasteiger partial charge in [-0.15, -0.1) is 0 Å². The standard InChI is InChI=1S/C24H21FN4O2S/c1-4-16-9-5-7-11-18(16)28-20-21(32-24-26-14(2)13-15(3)27-24)23(31)29(22(20)30)19-12-8-6-10-17(19)25/h5-13,28H,4H2,1-3H3. The first-order valence-corrected chi connectivity index (χ1v) is 10.9. The maximum atomic E-state index is 14.5. The van der Waals surface area contributed by atoms with E-state index in [9.17, 15) is 14.0 Å². The third-order valence-electron chi connectivity index (χ3n) is 4.95. The molecule has 1 aliphatic rings. The molecule has 0 saturated heterocycles. The predicted octanol–water partition coefficient (Wildman–Crippen LogP) is 4.78. The number of imide groups is 1. The SMILES string of the molecule is CCc1ccccc1NC1=C(Sc2nc(C)cc(C)n2)C(=O)N(c2ccccc2F)C1=O. The monoisotopic (exact) mass is 448 g/mol. The second kappa shape index (κ2) is 8.92. The van der Waals surface area contributed by atoms with Gasteiger partial charge in [0.15, 0.2) is 5.16 Å². The van der Waals surface area contributed by atoms with Gasteiger partial charge < -0.3 is 5.32 Å². The second-order valence-corrected chi connectivity index (χ2v) is 8.25. The van der Waals surface area contributed by atoms with E-state index in [-0.39, 0.29) is 16.3 Å². The molecule has 1 N–H and O–H groups in total. The van der Waals surface area contributed by atoms with Crippen LogP contribution in [0.15, 0.2) is 70.4 Å². The number of amides is 2. The molecule has 2 amide bonds. The summed E-state index contributed by atoms with van der Waals surface area (Å²) >= 11 is 0.997. The Balaban J connectivity index is 1.81. The molecule has 0 unspecified atom stereocenters. The van der Waals surface area contributed by atoms with Crippen LogP contribution in [0.5, 0.6) is 0 Å². The number of carbonyl (C=O) groups is 2. The Labute approximate surface area is 189 Å². The second-order valence-electron chi connectivity index (χ2n) is 7.27. The highest BCUT2D eigenvalue weighted by molar-refractivity contribution is 8.04. The van der Waals surface area contributed by atoms with Gasteiger partial charge in [0.25, 0.3) is 11.8 Å². The fraction of sp³-hybridized carbons (Fsp3) is 0.167. The molecule has 2 heterocycles. The van der Waals surface area contributed by atoms with Gasteiger partial charge in [0.2, 0.25) is 0 Å². The lowest BCUT2D eigenvalue weighted by molar-refractivity contribution is -0.120. The van der Waals surface area contributed by atoms with Crippen molar-refractivity contribution in [3.8, 4) is 0 Å². The minimum atomic E-state index is -0.656. The van der Waals surface area contributed by atoms with E-state index in [4.69, 9.17) is 0 Å².